The molecule has 0 radical (unpaired) electrons. The van der Waals surface area contributed by atoms with Crippen molar-refractivity contribution in [2.24, 2.45) is 0 Å². The Morgan fingerprint density at radius 1 is 1.24 bits per heavy atom. The van der Waals surface area contributed by atoms with Gasteiger partial charge in [-0.1, -0.05) is 0 Å². The van der Waals surface area contributed by atoms with Crippen molar-refractivity contribution in [2.75, 3.05) is 44.2 Å². The van der Waals surface area contributed by atoms with E-state index in [0.29, 0.717) is 0 Å². The van der Waals surface area contributed by atoms with Gasteiger partial charge in [0.15, 0.2) is 0 Å². The van der Waals surface area contributed by atoms with Crippen LogP contribution in [0.25, 0.3) is 0 Å². The number of rotatable bonds is 3. The number of pyridine rings is 1. The molecule has 1 saturated heterocycles. The van der Waals surface area contributed by atoms with E-state index in [1.54, 1.807) is 0 Å². The molecule has 0 amide bonds. The van der Waals surface area contributed by atoms with Gasteiger partial charge in [-0.2, -0.15) is 0 Å². The van der Waals surface area contributed by atoms with Crippen molar-refractivity contribution in [3.8, 4) is 0 Å². The van der Waals surface area contributed by atoms with Gasteiger partial charge in [-0.25, -0.2) is 4.98 Å². The second kappa shape index (κ2) is 6.33. The molecule has 1 N–H and O–H groups in total. The molecule has 0 aromatic carbocycles. The Morgan fingerprint density at radius 3 is 2.82 bits per heavy atom. The second-order valence-corrected chi connectivity index (χ2v) is 5.16. The van der Waals surface area contributed by atoms with Gasteiger partial charge in [0, 0.05) is 36.8 Å². The number of nitrogens with zero attached hydrogens (tertiary/aromatic N) is 3. The lowest BCUT2D eigenvalue weighted by Gasteiger charge is -2.22. The summed E-state index contributed by atoms with van der Waals surface area (Å²) in [5, 5.41) is 8.95. The molecule has 5 heteroatoms. The maximum atomic E-state index is 8.95. The van der Waals surface area contributed by atoms with Gasteiger partial charge in [0.25, 0.3) is 0 Å². The summed E-state index contributed by atoms with van der Waals surface area (Å²) in [5.41, 5.74) is 0. The standard InChI is InChI=1S/C12H18BrN3O/c13-11-2-3-12(14-10-11)16-5-1-4-15(6-7-16)8-9-17/h2-3,10,17H,1,4-9H2. The predicted octanol–water partition coefficient (Wildman–Crippen LogP) is 1.35. The smallest absolute Gasteiger partial charge is 0.128 e. The molecule has 1 aromatic heterocycles. The Hall–Kier alpha value is -0.650. The number of aliphatic hydroxyl groups excluding tert-OH is 1. The maximum absolute atomic E-state index is 8.95. The maximum Gasteiger partial charge on any atom is 0.128 e. The molecule has 2 rings (SSSR count). The topological polar surface area (TPSA) is 39.6 Å². The quantitative estimate of drug-likeness (QED) is 0.915. The predicted molar refractivity (Wildman–Crippen MR) is 72.3 cm³/mol. The molecule has 1 aromatic rings. The average molecular weight is 300 g/mol. The fraction of sp³-hybridized carbons (Fsp3) is 0.583. The monoisotopic (exact) mass is 299 g/mol. The number of aliphatic hydroxyl groups is 1. The lowest BCUT2D eigenvalue weighted by atomic mass is 10.3. The summed E-state index contributed by atoms with van der Waals surface area (Å²) < 4.78 is 1.01. The molecule has 94 valence electrons. The van der Waals surface area contributed by atoms with E-state index >= 15 is 0 Å². The summed E-state index contributed by atoms with van der Waals surface area (Å²) in [4.78, 5) is 9.04. The first kappa shape index (κ1) is 12.8. The zero-order chi connectivity index (χ0) is 12.1. The molecule has 1 aliphatic heterocycles. The van der Waals surface area contributed by atoms with Gasteiger partial charge in [-0.05, 0) is 41.0 Å². The van der Waals surface area contributed by atoms with Crippen LogP contribution in [-0.2, 0) is 0 Å². The zero-order valence-corrected chi connectivity index (χ0v) is 11.4. The minimum absolute atomic E-state index is 0.247. The molecular weight excluding hydrogens is 282 g/mol. The first-order valence-corrected chi connectivity index (χ1v) is 6.78. The Bertz CT molecular complexity index is 344. The molecular formula is C12H18BrN3O. The van der Waals surface area contributed by atoms with Crippen molar-refractivity contribution in [1.29, 1.82) is 0 Å². The largest absolute Gasteiger partial charge is 0.395 e. The molecule has 0 saturated carbocycles. The van der Waals surface area contributed by atoms with E-state index in [9.17, 15) is 0 Å². The van der Waals surface area contributed by atoms with Crippen LogP contribution in [-0.4, -0.2) is 54.3 Å². The van der Waals surface area contributed by atoms with Crippen LogP contribution >= 0.6 is 15.9 Å². The SMILES string of the molecule is OCCN1CCCN(c2ccc(Br)cn2)CC1. The summed E-state index contributed by atoms with van der Waals surface area (Å²) in [6.07, 6.45) is 2.96. The Balaban J connectivity index is 1.96. The zero-order valence-electron chi connectivity index (χ0n) is 9.85. The number of hydrogen-bond donors (Lipinski definition) is 1. The molecule has 0 atom stereocenters. The Labute approximate surface area is 110 Å². The van der Waals surface area contributed by atoms with Gasteiger partial charge in [0.2, 0.25) is 0 Å². The lowest BCUT2D eigenvalue weighted by molar-refractivity contribution is 0.204. The third-order valence-corrected chi connectivity index (χ3v) is 3.51. The number of halogens is 1. The first-order chi connectivity index (χ1) is 8.29. The van der Waals surface area contributed by atoms with Gasteiger partial charge < -0.3 is 10.0 Å². The summed E-state index contributed by atoms with van der Waals surface area (Å²) >= 11 is 3.40. The fourth-order valence-electron chi connectivity index (χ4n) is 2.12. The van der Waals surface area contributed by atoms with Crippen LogP contribution in [0.5, 0.6) is 0 Å². The van der Waals surface area contributed by atoms with E-state index in [2.05, 4.69) is 30.7 Å². The van der Waals surface area contributed by atoms with Crippen molar-refractivity contribution in [3.05, 3.63) is 22.8 Å². The summed E-state index contributed by atoms with van der Waals surface area (Å²) in [6.45, 7) is 5.11. The van der Waals surface area contributed by atoms with E-state index in [-0.39, 0.29) is 6.61 Å². The highest BCUT2D eigenvalue weighted by atomic mass is 79.9. The number of β-amino-alcohol motifs (C(OH)–C–C–N with tert-alkyl or cyclic N) is 1. The minimum atomic E-state index is 0.247. The fourth-order valence-corrected chi connectivity index (χ4v) is 2.35. The number of aromatic nitrogens is 1. The van der Waals surface area contributed by atoms with Gasteiger partial charge in [-0.15, -0.1) is 0 Å². The molecule has 17 heavy (non-hydrogen) atoms. The molecule has 1 fully saturated rings. The van der Waals surface area contributed by atoms with Crippen molar-refractivity contribution in [3.63, 3.8) is 0 Å². The van der Waals surface area contributed by atoms with Crippen LogP contribution in [0, 0.1) is 0 Å². The van der Waals surface area contributed by atoms with Crippen LogP contribution in [0.4, 0.5) is 5.82 Å². The van der Waals surface area contributed by atoms with Crippen LogP contribution in [0.3, 0.4) is 0 Å². The average Bonchev–Trinajstić information content (AvgIpc) is 2.56. The lowest BCUT2D eigenvalue weighted by Crippen LogP contribution is -2.32. The van der Waals surface area contributed by atoms with E-state index in [0.717, 1.165) is 49.4 Å². The minimum Gasteiger partial charge on any atom is -0.395 e. The Kier molecular flexibility index (Phi) is 4.76. The number of hydrogen-bond acceptors (Lipinski definition) is 4. The highest BCUT2D eigenvalue weighted by Crippen LogP contribution is 2.16. The van der Waals surface area contributed by atoms with E-state index in [4.69, 9.17) is 5.11 Å². The van der Waals surface area contributed by atoms with Gasteiger partial charge in [-0.3, -0.25) is 4.90 Å². The molecule has 2 heterocycles. The van der Waals surface area contributed by atoms with Crippen LogP contribution in [0.15, 0.2) is 22.8 Å². The third kappa shape index (κ3) is 3.66. The van der Waals surface area contributed by atoms with Crippen molar-refractivity contribution in [2.45, 2.75) is 6.42 Å². The third-order valence-electron chi connectivity index (χ3n) is 3.04. The first-order valence-electron chi connectivity index (χ1n) is 5.99. The molecule has 0 spiro atoms. The highest BCUT2D eigenvalue weighted by molar-refractivity contribution is 9.10. The normalized spacial score (nSPS) is 18.1. The van der Waals surface area contributed by atoms with E-state index in [1.807, 2.05) is 18.3 Å². The molecule has 0 unspecified atom stereocenters. The number of anilines is 1. The second-order valence-electron chi connectivity index (χ2n) is 4.24. The molecule has 1 aliphatic rings. The summed E-state index contributed by atoms with van der Waals surface area (Å²) in [7, 11) is 0. The van der Waals surface area contributed by atoms with Gasteiger partial charge >= 0.3 is 0 Å². The van der Waals surface area contributed by atoms with Crippen molar-refractivity contribution in [1.82, 2.24) is 9.88 Å². The molecule has 4 nitrogen and oxygen atoms in total. The van der Waals surface area contributed by atoms with E-state index in [1.165, 1.54) is 0 Å². The Morgan fingerprint density at radius 2 is 2.12 bits per heavy atom. The highest BCUT2D eigenvalue weighted by Gasteiger charge is 2.15. The summed E-state index contributed by atoms with van der Waals surface area (Å²) in [6, 6.07) is 4.07. The van der Waals surface area contributed by atoms with Gasteiger partial charge in [0.1, 0.15) is 5.82 Å². The van der Waals surface area contributed by atoms with Crippen LogP contribution in [0.1, 0.15) is 6.42 Å². The van der Waals surface area contributed by atoms with Gasteiger partial charge in [0.05, 0.1) is 6.61 Å². The molecule has 0 bridgehead atoms. The molecule has 0 aliphatic carbocycles. The summed E-state index contributed by atoms with van der Waals surface area (Å²) in [5.74, 6) is 1.04. The van der Waals surface area contributed by atoms with Crippen molar-refractivity contribution >= 4 is 21.7 Å². The van der Waals surface area contributed by atoms with E-state index < -0.39 is 0 Å². The van der Waals surface area contributed by atoms with Crippen LogP contribution in [0.2, 0.25) is 0 Å². The van der Waals surface area contributed by atoms with Crippen LogP contribution < -0.4 is 4.90 Å². The van der Waals surface area contributed by atoms with Crippen molar-refractivity contribution < 1.29 is 5.11 Å².